The maximum atomic E-state index is 5.41. The third kappa shape index (κ3) is 4.03. The molecule has 0 bridgehead atoms. The smallest absolute Gasteiger partial charge is 0.231 e. The van der Waals surface area contributed by atoms with Crippen molar-refractivity contribution in [2.45, 2.75) is 13.1 Å². The number of fused-ring (bicyclic) bond motifs is 1. The Hall–Kier alpha value is -3.48. The normalized spacial score (nSPS) is 11.9. The molecule has 2 heterocycles. The molecule has 27 heavy (non-hydrogen) atoms. The zero-order chi connectivity index (χ0) is 18.5. The van der Waals surface area contributed by atoms with Gasteiger partial charge in [-0.25, -0.2) is 4.98 Å². The molecule has 1 aliphatic heterocycles. The van der Waals surface area contributed by atoms with Crippen LogP contribution in [0, 0.1) is 0 Å². The molecule has 1 aliphatic rings. The lowest BCUT2D eigenvalue weighted by Gasteiger charge is -2.11. The number of methoxy groups -OCH3 is 1. The molecule has 0 spiro atoms. The van der Waals surface area contributed by atoms with Crippen molar-refractivity contribution in [1.29, 1.82) is 0 Å². The Morgan fingerprint density at radius 1 is 1.00 bits per heavy atom. The predicted octanol–water partition coefficient (Wildman–Crippen LogP) is 3.44. The van der Waals surface area contributed by atoms with Crippen LogP contribution in [0.3, 0.4) is 0 Å². The lowest BCUT2D eigenvalue weighted by molar-refractivity contribution is 0.174. The number of para-hydroxylation sites is 1. The first kappa shape index (κ1) is 17.0. The fraction of sp³-hybridized carbons (Fsp3) is 0.200. The zero-order valence-corrected chi connectivity index (χ0v) is 14.9. The summed E-state index contributed by atoms with van der Waals surface area (Å²) in [5, 5.41) is 6.53. The highest BCUT2D eigenvalue weighted by molar-refractivity contribution is 5.46. The predicted molar refractivity (Wildman–Crippen MR) is 102 cm³/mol. The lowest BCUT2D eigenvalue weighted by atomic mass is 10.2. The number of hydrogen-bond acceptors (Lipinski definition) is 7. The molecule has 0 aliphatic carbocycles. The molecule has 0 saturated heterocycles. The van der Waals surface area contributed by atoms with Gasteiger partial charge in [0.1, 0.15) is 11.6 Å². The van der Waals surface area contributed by atoms with Gasteiger partial charge in [-0.15, -0.1) is 0 Å². The van der Waals surface area contributed by atoms with E-state index in [1.54, 1.807) is 13.3 Å². The Bertz CT molecular complexity index is 933. The van der Waals surface area contributed by atoms with Crippen LogP contribution in [0.1, 0.15) is 11.1 Å². The molecule has 3 aromatic rings. The molecule has 0 fully saturated rings. The number of benzene rings is 2. The summed E-state index contributed by atoms with van der Waals surface area (Å²) in [7, 11) is 1.66. The third-order valence-electron chi connectivity index (χ3n) is 4.20. The van der Waals surface area contributed by atoms with E-state index < -0.39 is 0 Å². The third-order valence-corrected chi connectivity index (χ3v) is 4.20. The Morgan fingerprint density at radius 3 is 2.81 bits per heavy atom. The second-order valence-corrected chi connectivity index (χ2v) is 5.97. The minimum Gasteiger partial charge on any atom is -0.496 e. The van der Waals surface area contributed by atoms with E-state index in [1.165, 1.54) is 0 Å². The second-order valence-electron chi connectivity index (χ2n) is 5.97. The van der Waals surface area contributed by atoms with Crippen molar-refractivity contribution in [2.24, 2.45) is 0 Å². The molecule has 0 radical (unpaired) electrons. The van der Waals surface area contributed by atoms with E-state index in [4.69, 9.17) is 14.2 Å². The van der Waals surface area contributed by atoms with E-state index in [1.807, 2.05) is 48.5 Å². The number of hydrogen-bond donors (Lipinski definition) is 2. The van der Waals surface area contributed by atoms with Crippen LogP contribution < -0.4 is 24.8 Å². The van der Waals surface area contributed by atoms with Gasteiger partial charge in [0.25, 0.3) is 0 Å². The Kier molecular flexibility index (Phi) is 4.91. The van der Waals surface area contributed by atoms with Crippen LogP contribution in [0.25, 0.3) is 0 Å². The highest BCUT2D eigenvalue weighted by Gasteiger charge is 2.13. The van der Waals surface area contributed by atoms with Gasteiger partial charge >= 0.3 is 0 Å². The molecule has 7 nitrogen and oxygen atoms in total. The average molecular weight is 364 g/mol. The minimum absolute atomic E-state index is 0.277. The summed E-state index contributed by atoms with van der Waals surface area (Å²) in [5.41, 5.74) is 2.13. The van der Waals surface area contributed by atoms with Gasteiger partial charge in [-0.2, -0.15) is 4.98 Å². The highest BCUT2D eigenvalue weighted by atomic mass is 16.7. The first-order valence-corrected chi connectivity index (χ1v) is 8.63. The van der Waals surface area contributed by atoms with E-state index in [9.17, 15) is 0 Å². The van der Waals surface area contributed by atoms with E-state index >= 15 is 0 Å². The molecule has 7 heteroatoms. The fourth-order valence-electron chi connectivity index (χ4n) is 2.81. The minimum atomic E-state index is 0.277. The van der Waals surface area contributed by atoms with E-state index in [0.717, 1.165) is 34.2 Å². The topological polar surface area (TPSA) is 77.5 Å². The number of anilines is 2. The Labute approximate surface area is 157 Å². The van der Waals surface area contributed by atoms with Crippen molar-refractivity contribution in [3.63, 3.8) is 0 Å². The quantitative estimate of drug-likeness (QED) is 0.665. The molecule has 4 rings (SSSR count). The van der Waals surface area contributed by atoms with Gasteiger partial charge in [0.05, 0.1) is 7.11 Å². The largest absolute Gasteiger partial charge is 0.496 e. The maximum absolute atomic E-state index is 5.41. The van der Waals surface area contributed by atoms with Gasteiger partial charge in [-0.05, 0) is 29.8 Å². The highest BCUT2D eigenvalue weighted by Crippen LogP contribution is 2.32. The average Bonchev–Trinajstić information content (AvgIpc) is 3.19. The first-order chi connectivity index (χ1) is 13.3. The van der Waals surface area contributed by atoms with E-state index in [-0.39, 0.29) is 6.79 Å². The summed E-state index contributed by atoms with van der Waals surface area (Å²) in [6.45, 7) is 1.48. The molecule has 2 aromatic carbocycles. The van der Waals surface area contributed by atoms with Crippen LogP contribution in [0.15, 0.2) is 54.7 Å². The summed E-state index contributed by atoms with van der Waals surface area (Å²) < 4.78 is 16.1. The molecule has 0 atom stereocenters. The van der Waals surface area contributed by atoms with Crippen LogP contribution in [0.4, 0.5) is 11.8 Å². The van der Waals surface area contributed by atoms with Crippen molar-refractivity contribution < 1.29 is 14.2 Å². The van der Waals surface area contributed by atoms with Crippen LogP contribution in [0.2, 0.25) is 0 Å². The number of nitrogens with zero attached hydrogens (tertiary/aromatic N) is 2. The van der Waals surface area contributed by atoms with E-state index in [0.29, 0.717) is 19.0 Å². The molecule has 0 saturated carbocycles. The summed E-state index contributed by atoms with van der Waals surface area (Å²) in [5.74, 6) is 3.68. The zero-order valence-electron chi connectivity index (χ0n) is 14.9. The fourth-order valence-corrected chi connectivity index (χ4v) is 2.81. The summed E-state index contributed by atoms with van der Waals surface area (Å²) in [6.07, 6.45) is 1.72. The monoisotopic (exact) mass is 364 g/mol. The number of ether oxygens (including phenoxy) is 3. The Balaban J connectivity index is 1.37. The van der Waals surface area contributed by atoms with Gasteiger partial charge in [0.2, 0.25) is 12.7 Å². The first-order valence-electron chi connectivity index (χ1n) is 8.63. The van der Waals surface area contributed by atoms with Crippen molar-refractivity contribution >= 4 is 11.8 Å². The van der Waals surface area contributed by atoms with Crippen LogP contribution in [0.5, 0.6) is 17.2 Å². The van der Waals surface area contributed by atoms with Crippen molar-refractivity contribution in [2.75, 3.05) is 24.5 Å². The summed E-state index contributed by atoms with van der Waals surface area (Å²) in [4.78, 5) is 8.77. The van der Waals surface area contributed by atoms with Crippen LogP contribution >= 0.6 is 0 Å². The van der Waals surface area contributed by atoms with Crippen molar-refractivity contribution in [1.82, 2.24) is 9.97 Å². The SMILES string of the molecule is COc1ccccc1CNc1nccc(NCc2ccc3c(c2)OCO3)n1. The van der Waals surface area contributed by atoms with Gasteiger partial charge < -0.3 is 24.8 Å². The van der Waals surface area contributed by atoms with Gasteiger partial charge in [-0.3, -0.25) is 0 Å². The maximum Gasteiger partial charge on any atom is 0.231 e. The molecular formula is C20H20N4O3. The standard InChI is InChI=1S/C20H20N4O3/c1-25-16-5-3-2-4-15(16)12-23-20-21-9-8-19(24-20)22-11-14-6-7-17-18(10-14)27-13-26-17/h2-10H,11-13H2,1H3,(H2,21,22,23,24). The molecule has 1 aromatic heterocycles. The molecule has 0 unspecified atom stereocenters. The molecular weight excluding hydrogens is 344 g/mol. The van der Waals surface area contributed by atoms with Gasteiger partial charge in [0, 0.05) is 24.8 Å². The lowest BCUT2D eigenvalue weighted by Crippen LogP contribution is -2.07. The molecule has 2 N–H and O–H groups in total. The van der Waals surface area contributed by atoms with Gasteiger partial charge in [-0.1, -0.05) is 24.3 Å². The summed E-state index contributed by atoms with van der Waals surface area (Å²) in [6, 6.07) is 15.6. The second kappa shape index (κ2) is 7.82. The summed E-state index contributed by atoms with van der Waals surface area (Å²) >= 11 is 0. The Morgan fingerprint density at radius 2 is 1.89 bits per heavy atom. The van der Waals surface area contributed by atoms with Crippen LogP contribution in [-0.4, -0.2) is 23.9 Å². The number of nitrogens with one attached hydrogen (secondary N) is 2. The van der Waals surface area contributed by atoms with Gasteiger partial charge in [0.15, 0.2) is 11.5 Å². The molecule has 0 amide bonds. The number of rotatable bonds is 7. The van der Waals surface area contributed by atoms with Crippen LogP contribution in [-0.2, 0) is 13.1 Å². The van der Waals surface area contributed by atoms with E-state index in [2.05, 4.69) is 20.6 Å². The number of aromatic nitrogens is 2. The van der Waals surface area contributed by atoms with Crippen molar-refractivity contribution in [3.8, 4) is 17.2 Å². The molecule has 138 valence electrons. The van der Waals surface area contributed by atoms with Crippen molar-refractivity contribution in [3.05, 3.63) is 65.9 Å².